The van der Waals surface area contributed by atoms with Crippen molar-refractivity contribution in [3.63, 3.8) is 0 Å². The molecule has 2 aliphatic rings. The van der Waals surface area contributed by atoms with Gasteiger partial charge in [0.25, 0.3) is 0 Å². The quantitative estimate of drug-likeness (QED) is 0.595. The van der Waals surface area contributed by atoms with Crippen LogP contribution in [0.5, 0.6) is 0 Å². The number of hydrogen-bond donors (Lipinski definition) is 1. The largest absolute Gasteiger partial charge is 0.512 e. The number of rotatable bonds is 3. The van der Waals surface area contributed by atoms with Crippen LogP contribution in [0.4, 0.5) is 0 Å². The summed E-state index contributed by atoms with van der Waals surface area (Å²) >= 11 is 0. The average Bonchev–Trinajstić information content (AvgIpc) is 2.39. The molecule has 0 amide bonds. The van der Waals surface area contributed by atoms with E-state index in [1.807, 2.05) is 0 Å². The normalized spacial score (nSPS) is 31.3. The molecule has 2 unspecified atom stereocenters. The third kappa shape index (κ3) is 3.60. The first kappa shape index (κ1) is 13.6. The molecule has 0 bridgehead atoms. The van der Waals surface area contributed by atoms with Crippen molar-refractivity contribution in [2.75, 3.05) is 0 Å². The standard InChI is InChI=1S/C16H26O2/c1-12-6-5-9-14(10-12)16(18)11-15(17)13-7-3-2-4-8-13/h11-14,18H,2-10H2,1H3/b16-11-. The molecule has 0 aromatic heterocycles. The molecule has 2 fully saturated rings. The highest BCUT2D eigenvalue weighted by molar-refractivity contribution is 5.92. The topological polar surface area (TPSA) is 37.3 Å². The van der Waals surface area contributed by atoms with Crippen LogP contribution in [0.25, 0.3) is 0 Å². The molecule has 2 atom stereocenters. The Morgan fingerprint density at radius 3 is 2.33 bits per heavy atom. The van der Waals surface area contributed by atoms with Gasteiger partial charge in [0.1, 0.15) is 0 Å². The molecule has 0 heterocycles. The van der Waals surface area contributed by atoms with E-state index in [2.05, 4.69) is 6.92 Å². The summed E-state index contributed by atoms with van der Waals surface area (Å²) < 4.78 is 0. The van der Waals surface area contributed by atoms with Crippen LogP contribution in [0.2, 0.25) is 0 Å². The fraction of sp³-hybridized carbons (Fsp3) is 0.812. The van der Waals surface area contributed by atoms with E-state index in [1.54, 1.807) is 6.08 Å². The second-order valence-corrected chi connectivity index (χ2v) is 6.28. The molecule has 0 aromatic carbocycles. The van der Waals surface area contributed by atoms with E-state index in [0.717, 1.165) is 25.7 Å². The molecule has 2 aliphatic carbocycles. The van der Waals surface area contributed by atoms with Crippen LogP contribution in [0, 0.1) is 17.8 Å². The summed E-state index contributed by atoms with van der Waals surface area (Å²) in [5, 5.41) is 10.1. The summed E-state index contributed by atoms with van der Waals surface area (Å²) in [6.45, 7) is 2.24. The van der Waals surface area contributed by atoms with Gasteiger partial charge in [-0.2, -0.15) is 0 Å². The van der Waals surface area contributed by atoms with E-state index in [1.165, 1.54) is 32.1 Å². The van der Waals surface area contributed by atoms with Crippen molar-refractivity contribution in [2.45, 2.75) is 64.7 Å². The first-order valence-electron chi connectivity index (χ1n) is 7.61. The number of hydrogen-bond acceptors (Lipinski definition) is 2. The lowest BCUT2D eigenvalue weighted by Gasteiger charge is -2.26. The summed E-state index contributed by atoms with van der Waals surface area (Å²) in [5.41, 5.74) is 0. The first-order valence-corrected chi connectivity index (χ1v) is 7.61. The summed E-state index contributed by atoms with van der Waals surface area (Å²) in [6.07, 6.45) is 11.7. The van der Waals surface area contributed by atoms with Crippen LogP contribution in [0.3, 0.4) is 0 Å². The van der Waals surface area contributed by atoms with Crippen LogP contribution in [0.1, 0.15) is 64.7 Å². The van der Waals surface area contributed by atoms with Crippen molar-refractivity contribution < 1.29 is 9.90 Å². The molecule has 0 radical (unpaired) electrons. The smallest absolute Gasteiger partial charge is 0.162 e. The van der Waals surface area contributed by atoms with Gasteiger partial charge in [0.15, 0.2) is 5.78 Å². The Labute approximate surface area is 110 Å². The second kappa shape index (κ2) is 6.40. The number of carbonyl (C=O) groups is 1. The zero-order chi connectivity index (χ0) is 13.0. The molecular weight excluding hydrogens is 224 g/mol. The lowest BCUT2D eigenvalue weighted by Crippen LogP contribution is -2.19. The highest BCUT2D eigenvalue weighted by atomic mass is 16.3. The third-order valence-electron chi connectivity index (χ3n) is 4.65. The molecule has 2 heteroatoms. The van der Waals surface area contributed by atoms with Gasteiger partial charge in [0.05, 0.1) is 5.76 Å². The predicted octanol–water partition coefficient (Wildman–Crippen LogP) is 4.40. The van der Waals surface area contributed by atoms with Gasteiger partial charge in [-0.3, -0.25) is 4.79 Å². The fourth-order valence-corrected chi connectivity index (χ4v) is 3.47. The lowest BCUT2D eigenvalue weighted by molar-refractivity contribution is -0.119. The summed E-state index contributed by atoms with van der Waals surface area (Å²) in [7, 11) is 0. The summed E-state index contributed by atoms with van der Waals surface area (Å²) in [6, 6.07) is 0. The average molecular weight is 250 g/mol. The monoisotopic (exact) mass is 250 g/mol. The first-order chi connectivity index (χ1) is 8.66. The molecule has 2 saturated carbocycles. The van der Waals surface area contributed by atoms with Crippen LogP contribution in [-0.2, 0) is 4.79 Å². The van der Waals surface area contributed by atoms with E-state index in [9.17, 15) is 9.90 Å². The minimum Gasteiger partial charge on any atom is -0.512 e. The van der Waals surface area contributed by atoms with Crippen molar-refractivity contribution in [1.82, 2.24) is 0 Å². The molecule has 0 saturated heterocycles. The van der Waals surface area contributed by atoms with E-state index in [-0.39, 0.29) is 17.6 Å². The Balaban J connectivity index is 1.91. The van der Waals surface area contributed by atoms with E-state index in [0.29, 0.717) is 11.7 Å². The highest BCUT2D eigenvalue weighted by Crippen LogP contribution is 2.33. The number of carbonyl (C=O) groups excluding carboxylic acids is 1. The minimum absolute atomic E-state index is 0.172. The predicted molar refractivity (Wildman–Crippen MR) is 73.4 cm³/mol. The van der Waals surface area contributed by atoms with Crippen LogP contribution >= 0.6 is 0 Å². The van der Waals surface area contributed by atoms with Crippen molar-refractivity contribution >= 4 is 5.78 Å². The van der Waals surface area contributed by atoms with E-state index >= 15 is 0 Å². The number of aliphatic hydroxyl groups is 1. The van der Waals surface area contributed by atoms with Gasteiger partial charge in [0, 0.05) is 17.9 Å². The molecular formula is C16H26O2. The van der Waals surface area contributed by atoms with E-state index < -0.39 is 0 Å². The SMILES string of the molecule is CC1CCCC(/C(O)=C/C(=O)C2CCCCC2)C1. The summed E-state index contributed by atoms with van der Waals surface area (Å²) in [5.74, 6) is 1.63. The fourth-order valence-electron chi connectivity index (χ4n) is 3.47. The Bertz CT molecular complexity index is 313. The van der Waals surface area contributed by atoms with Gasteiger partial charge in [-0.1, -0.05) is 39.0 Å². The van der Waals surface area contributed by atoms with Crippen molar-refractivity contribution in [3.05, 3.63) is 11.8 Å². The molecule has 1 N–H and O–H groups in total. The van der Waals surface area contributed by atoms with Crippen LogP contribution in [-0.4, -0.2) is 10.9 Å². The Morgan fingerprint density at radius 1 is 1.00 bits per heavy atom. The third-order valence-corrected chi connectivity index (χ3v) is 4.65. The Kier molecular flexibility index (Phi) is 4.85. The molecule has 18 heavy (non-hydrogen) atoms. The molecule has 0 spiro atoms. The van der Waals surface area contributed by atoms with Crippen LogP contribution < -0.4 is 0 Å². The van der Waals surface area contributed by atoms with Crippen molar-refractivity contribution in [1.29, 1.82) is 0 Å². The molecule has 0 aromatic rings. The van der Waals surface area contributed by atoms with Crippen molar-refractivity contribution in [2.24, 2.45) is 17.8 Å². The Morgan fingerprint density at radius 2 is 1.67 bits per heavy atom. The van der Waals surface area contributed by atoms with Gasteiger partial charge in [-0.05, 0) is 31.6 Å². The van der Waals surface area contributed by atoms with Gasteiger partial charge < -0.3 is 5.11 Å². The highest BCUT2D eigenvalue weighted by Gasteiger charge is 2.25. The molecule has 2 nitrogen and oxygen atoms in total. The maximum Gasteiger partial charge on any atom is 0.162 e. The van der Waals surface area contributed by atoms with Crippen molar-refractivity contribution in [3.8, 4) is 0 Å². The summed E-state index contributed by atoms with van der Waals surface area (Å²) in [4.78, 5) is 12.1. The zero-order valence-corrected chi connectivity index (χ0v) is 11.5. The van der Waals surface area contributed by atoms with E-state index in [4.69, 9.17) is 0 Å². The minimum atomic E-state index is 0.172. The van der Waals surface area contributed by atoms with Gasteiger partial charge in [-0.15, -0.1) is 0 Å². The maximum atomic E-state index is 12.1. The molecule has 102 valence electrons. The second-order valence-electron chi connectivity index (χ2n) is 6.28. The number of allylic oxidation sites excluding steroid dienone is 2. The number of ketones is 1. The molecule has 2 rings (SSSR count). The molecule has 0 aliphatic heterocycles. The van der Waals surface area contributed by atoms with Crippen LogP contribution in [0.15, 0.2) is 11.8 Å². The Hall–Kier alpha value is -0.790. The maximum absolute atomic E-state index is 12.1. The number of aliphatic hydroxyl groups excluding tert-OH is 1. The zero-order valence-electron chi connectivity index (χ0n) is 11.5. The lowest BCUT2D eigenvalue weighted by atomic mass is 9.80. The van der Waals surface area contributed by atoms with Gasteiger partial charge >= 0.3 is 0 Å². The van der Waals surface area contributed by atoms with Gasteiger partial charge in [0.2, 0.25) is 0 Å². The van der Waals surface area contributed by atoms with Gasteiger partial charge in [-0.25, -0.2) is 0 Å².